The molecule has 0 fully saturated rings. The largest absolute Gasteiger partial charge is 0.452 e. The summed E-state index contributed by atoms with van der Waals surface area (Å²) in [6.45, 7) is 3.41. The van der Waals surface area contributed by atoms with Crippen molar-refractivity contribution in [2.24, 2.45) is 0 Å². The summed E-state index contributed by atoms with van der Waals surface area (Å²) in [7, 11) is 0. The van der Waals surface area contributed by atoms with E-state index in [-0.39, 0.29) is 13.0 Å². The minimum Gasteiger partial charge on any atom is -0.452 e. The van der Waals surface area contributed by atoms with Gasteiger partial charge in [0.2, 0.25) is 0 Å². The molecule has 29 heavy (non-hydrogen) atoms. The van der Waals surface area contributed by atoms with E-state index < -0.39 is 29.8 Å². The van der Waals surface area contributed by atoms with Crippen molar-refractivity contribution in [3.63, 3.8) is 0 Å². The monoisotopic (exact) mass is 394 g/mol. The molecule has 1 aliphatic heterocycles. The lowest BCUT2D eigenvalue weighted by Gasteiger charge is -2.16. The van der Waals surface area contributed by atoms with E-state index in [2.05, 4.69) is 5.32 Å². The molecule has 0 spiro atoms. The lowest BCUT2D eigenvalue weighted by atomic mass is 10.1. The number of benzene rings is 2. The van der Waals surface area contributed by atoms with Crippen LogP contribution in [0.2, 0.25) is 0 Å². The molecule has 0 saturated carbocycles. The number of amides is 3. The van der Waals surface area contributed by atoms with Gasteiger partial charge in [0.05, 0.1) is 17.5 Å². The van der Waals surface area contributed by atoms with E-state index in [4.69, 9.17) is 4.74 Å². The summed E-state index contributed by atoms with van der Waals surface area (Å²) in [6.07, 6.45) is -0.292. The molecule has 0 aliphatic carbocycles. The van der Waals surface area contributed by atoms with Crippen LogP contribution in [0.15, 0.2) is 48.5 Å². The van der Waals surface area contributed by atoms with Crippen molar-refractivity contribution in [3.05, 3.63) is 65.2 Å². The zero-order valence-corrected chi connectivity index (χ0v) is 16.3. The van der Waals surface area contributed by atoms with E-state index in [1.54, 1.807) is 36.4 Å². The third kappa shape index (κ3) is 4.51. The second kappa shape index (κ2) is 8.68. The van der Waals surface area contributed by atoms with Gasteiger partial charge in [-0.2, -0.15) is 0 Å². The fourth-order valence-electron chi connectivity index (χ4n) is 3.02. The first-order chi connectivity index (χ1) is 13.9. The topological polar surface area (TPSA) is 92.8 Å². The summed E-state index contributed by atoms with van der Waals surface area (Å²) < 4.78 is 5.14. The summed E-state index contributed by atoms with van der Waals surface area (Å²) in [5, 5.41) is 2.69. The van der Waals surface area contributed by atoms with Gasteiger partial charge >= 0.3 is 5.97 Å². The van der Waals surface area contributed by atoms with E-state index in [1.165, 1.54) is 6.92 Å². The Morgan fingerprint density at radius 2 is 1.59 bits per heavy atom. The van der Waals surface area contributed by atoms with Crippen LogP contribution < -0.4 is 5.32 Å². The zero-order chi connectivity index (χ0) is 21.0. The maximum Gasteiger partial charge on any atom is 0.308 e. The van der Waals surface area contributed by atoms with Crippen LogP contribution in [0.3, 0.4) is 0 Å². The van der Waals surface area contributed by atoms with Crippen molar-refractivity contribution in [1.82, 2.24) is 4.90 Å². The van der Waals surface area contributed by atoms with E-state index >= 15 is 0 Å². The standard InChI is InChI=1S/C22H22N2O5/c1-3-15-8-10-16(11-9-15)23-20(26)14(2)29-19(25)12-13-24-21(27)17-6-4-5-7-18(17)22(24)28/h4-11,14H,3,12-13H2,1-2H3,(H,23,26)/t14-/m0/s1. The summed E-state index contributed by atoms with van der Waals surface area (Å²) in [4.78, 5) is 49.9. The molecular formula is C22H22N2O5. The summed E-state index contributed by atoms with van der Waals surface area (Å²) in [6, 6.07) is 13.9. The van der Waals surface area contributed by atoms with Gasteiger partial charge in [0.25, 0.3) is 17.7 Å². The Hall–Kier alpha value is -3.48. The average Bonchev–Trinajstić information content (AvgIpc) is 2.97. The number of carbonyl (C=O) groups excluding carboxylic acids is 4. The number of aryl methyl sites for hydroxylation is 1. The van der Waals surface area contributed by atoms with E-state index in [1.807, 2.05) is 19.1 Å². The molecule has 3 rings (SSSR count). The minimum absolute atomic E-state index is 0.0992. The van der Waals surface area contributed by atoms with Crippen LogP contribution in [0.25, 0.3) is 0 Å². The molecule has 0 unspecified atom stereocenters. The predicted molar refractivity (Wildman–Crippen MR) is 106 cm³/mol. The Balaban J connectivity index is 1.49. The first kappa shape index (κ1) is 20.3. The number of nitrogens with one attached hydrogen (secondary N) is 1. The number of imide groups is 1. The van der Waals surface area contributed by atoms with Crippen molar-refractivity contribution >= 4 is 29.4 Å². The normalized spacial score (nSPS) is 13.8. The van der Waals surface area contributed by atoms with E-state index in [9.17, 15) is 19.2 Å². The van der Waals surface area contributed by atoms with Gasteiger partial charge in [-0.25, -0.2) is 0 Å². The van der Waals surface area contributed by atoms with Gasteiger partial charge in [-0.05, 0) is 43.2 Å². The number of anilines is 1. The third-order valence-electron chi connectivity index (χ3n) is 4.72. The molecule has 2 aromatic carbocycles. The Labute approximate surface area is 168 Å². The average molecular weight is 394 g/mol. The molecule has 7 nitrogen and oxygen atoms in total. The lowest BCUT2D eigenvalue weighted by molar-refractivity contribution is -0.153. The lowest BCUT2D eigenvalue weighted by Crippen LogP contribution is -2.34. The summed E-state index contributed by atoms with van der Waals surface area (Å²) in [5.74, 6) is -1.98. The Bertz CT molecular complexity index is 917. The number of fused-ring (bicyclic) bond motifs is 1. The second-order valence-electron chi connectivity index (χ2n) is 6.73. The molecule has 0 bridgehead atoms. The van der Waals surface area contributed by atoms with E-state index in [0.717, 1.165) is 16.9 Å². The summed E-state index contributed by atoms with van der Waals surface area (Å²) in [5.41, 5.74) is 2.41. The first-order valence-electron chi connectivity index (χ1n) is 9.45. The Morgan fingerprint density at radius 1 is 1.00 bits per heavy atom. The number of nitrogens with zero attached hydrogens (tertiary/aromatic N) is 1. The Morgan fingerprint density at radius 3 is 2.14 bits per heavy atom. The molecule has 150 valence electrons. The fourth-order valence-corrected chi connectivity index (χ4v) is 3.02. The zero-order valence-electron chi connectivity index (χ0n) is 16.3. The van der Waals surface area contributed by atoms with Crippen molar-refractivity contribution in [1.29, 1.82) is 0 Å². The van der Waals surface area contributed by atoms with Crippen LogP contribution in [-0.2, 0) is 20.7 Å². The van der Waals surface area contributed by atoms with Crippen molar-refractivity contribution in [3.8, 4) is 0 Å². The molecule has 7 heteroatoms. The van der Waals surface area contributed by atoms with Gasteiger partial charge in [0.15, 0.2) is 6.10 Å². The third-order valence-corrected chi connectivity index (χ3v) is 4.72. The van der Waals surface area contributed by atoms with Crippen LogP contribution in [-0.4, -0.2) is 41.2 Å². The van der Waals surface area contributed by atoms with Gasteiger partial charge in [0.1, 0.15) is 0 Å². The van der Waals surface area contributed by atoms with Crippen LogP contribution in [0, 0.1) is 0 Å². The van der Waals surface area contributed by atoms with Gasteiger partial charge in [-0.15, -0.1) is 0 Å². The highest BCUT2D eigenvalue weighted by Crippen LogP contribution is 2.22. The van der Waals surface area contributed by atoms with Gasteiger partial charge in [-0.1, -0.05) is 31.2 Å². The van der Waals surface area contributed by atoms with Gasteiger partial charge in [-0.3, -0.25) is 24.1 Å². The van der Waals surface area contributed by atoms with Crippen molar-refractivity contribution < 1.29 is 23.9 Å². The van der Waals surface area contributed by atoms with Crippen LogP contribution in [0.4, 0.5) is 5.69 Å². The number of carbonyl (C=O) groups is 4. The molecule has 1 aliphatic rings. The molecule has 0 radical (unpaired) electrons. The highest BCUT2D eigenvalue weighted by Gasteiger charge is 2.35. The molecule has 1 heterocycles. The molecule has 1 N–H and O–H groups in total. The van der Waals surface area contributed by atoms with Crippen LogP contribution >= 0.6 is 0 Å². The number of hydrogen-bond donors (Lipinski definition) is 1. The summed E-state index contributed by atoms with van der Waals surface area (Å²) >= 11 is 0. The maximum absolute atomic E-state index is 12.3. The number of hydrogen-bond acceptors (Lipinski definition) is 5. The number of esters is 1. The predicted octanol–water partition coefficient (Wildman–Crippen LogP) is 2.81. The molecule has 3 amide bonds. The first-order valence-corrected chi connectivity index (χ1v) is 9.45. The smallest absolute Gasteiger partial charge is 0.308 e. The minimum atomic E-state index is -1.00. The fraction of sp³-hybridized carbons (Fsp3) is 0.273. The molecule has 2 aromatic rings. The van der Waals surface area contributed by atoms with Crippen LogP contribution in [0.5, 0.6) is 0 Å². The highest BCUT2D eigenvalue weighted by atomic mass is 16.5. The molecule has 0 aromatic heterocycles. The number of ether oxygens (including phenoxy) is 1. The van der Waals surface area contributed by atoms with Crippen molar-refractivity contribution in [2.45, 2.75) is 32.8 Å². The molecule has 1 atom stereocenters. The Kier molecular flexibility index (Phi) is 6.07. The van der Waals surface area contributed by atoms with Gasteiger partial charge in [0, 0.05) is 12.2 Å². The van der Waals surface area contributed by atoms with E-state index in [0.29, 0.717) is 16.8 Å². The van der Waals surface area contributed by atoms with Crippen molar-refractivity contribution in [2.75, 3.05) is 11.9 Å². The SMILES string of the molecule is CCc1ccc(NC(=O)[C@H](C)OC(=O)CCN2C(=O)c3ccccc3C2=O)cc1. The highest BCUT2D eigenvalue weighted by molar-refractivity contribution is 6.21. The second-order valence-corrected chi connectivity index (χ2v) is 6.73. The van der Waals surface area contributed by atoms with Crippen LogP contribution in [0.1, 0.15) is 46.5 Å². The molecule has 0 saturated heterocycles. The quantitative estimate of drug-likeness (QED) is 0.576. The number of rotatable bonds is 7. The maximum atomic E-state index is 12.3. The molecular weight excluding hydrogens is 372 g/mol. The van der Waals surface area contributed by atoms with Gasteiger partial charge < -0.3 is 10.1 Å².